The van der Waals surface area contributed by atoms with Crippen molar-refractivity contribution in [3.8, 4) is 11.5 Å². The van der Waals surface area contributed by atoms with Crippen molar-refractivity contribution in [3.63, 3.8) is 0 Å². The van der Waals surface area contributed by atoms with E-state index >= 15 is 0 Å². The van der Waals surface area contributed by atoms with E-state index in [0.29, 0.717) is 36.9 Å². The molecule has 0 fully saturated rings. The molecule has 0 aliphatic carbocycles. The van der Waals surface area contributed by atoms with Crippen LogP contribution in [-0.2, 0) is 11.2 Å². The van der Waals surface area contributed by atoms with Gasteiger partial charge in [0.25, 0.3) is 0 Å². The van der Waals surface area contributed by atoms with E-state index < -0.39 is 0 Å². The van der Waals surface area contributed by atoms with E-state index in [1.54, 1.807) is 21.3 Å². The largest absolute Gasteiger partial charge is 0.493 e. The predicted molar refractivity (Wildman–Crippen MR) is 71.6 cm³/mol. The molecule has 0 aliphatic rings. The summed E-state index contributed by atoms with van der Waals surface area (Å²) in [6.45, 7) is 1.16. The lowest BCUT2D eigenvalue weighted by atomic mass is 10.1. The number of methoxy groups -OCH3 is 3. The minimum absolute atomic E-state index is 0.576. The Hall–Kier alpha value is -1.75. The number of nitrogens with zero attached hydrogens (tertiary/aromatic N) is 1. The number of ether oxygens (including phenoxy) is 3. The molecule has 0 spiro atoms. The van der Waals surface area contributed by atoms with Gasteiger partial charge in [-0.2, -0.15) is 0 Å². The van der Waals surface area contributed by atoms with Crippen LogP contribution in [0.2, 0.25) is 0 Å². The fourth-order valence-corrected chi connectivity index (χ4v) is 1.54. The number of hydrogen-bond acceptors (Lipinski definition) is 4. The van der Waals surface area contributed by atoms with Crippen molar-refractivity contribution >= 4 is 5.84 Å². The Morgan fingerprint density at radius 2 is 1.89 bits per heavy atom. The molecule has 0 atom stereocenters. The average Bonchev–Trinajstić information content (AvgIpc) is 2.39. The fourth-order valence-electron chi connectivity index (χ4n) is 1.54. The van der Waals surface area contributed by atoms with Crippen molar-refractivity contribution in [1.82, 2.24) is 0 Å². The molecular weight excluding hydrogens is 232 g/mol. The number of nitrogens with two attached hydrogens (primary N) is 1. The highest BCUT2D eigenvalue weighted by molar-refractivity contribution is 5.82. The van der Waals surface area contributed by atoms with Crippen molar-refractivity contribution < 1.29 is 14.2 Å². The van der Waals surface area contributed by atoms with Gasteiger partial charge in [-0.15, -0.1) is 0 Å². The minimum atomic E-state index is 0.576. The first-order valence-electron chi connectivity index (χ1n) is 5.70. The molecule has 100 valence electrons. The van der Waals surface area contributed by atoms with Gasteiger partial charge in [-0.1, -0.05) is 6.07 Å². The number of amidine groups is 1. The van der Waals surface area contributed by atoms with Crippen molar-refractivity contribution in [1.29, 1.82) is 0 Å². The first-order valence-corrected chi connectivity index (χ1v) is 5.70. The summed E-state index contributed by atoms with van der Waals surface area (Å²) in [5, 5.41) is 0. The third-order valence-corrected chi connectivity index (χ3v) is 2.44. The monoisotopic (exact) mass is 252 g/mol. The van der Waals surface area contributed by atoms with Crippen LogP contribution in [-0.4, -0.2) is 40.3 Å². The second kappa shape index (κ2) is 7.55. The van der Waals surface area contributed by atoms with Gasteiger partial charge in [0.2, 0.25) is 0 Å². The molecular formula is C13H20N2O3. The summed E-state index contributed by atoms with van der Waals surface area (Å²) in [5.74, 6) is 1.98. The van der Waals surface area contributed by atoms with Gasteiger partial charge in [-0.3, -0.25) is 4.99 Å². The summed E-state index contributed by atoms with van der Waals surface area (Å²) in [6.07, 6.45) is 0.587. The van der Waals surface area contributed by atoms with Crippen LogP contribution in [0.15, 0.2) is 23.2 Å². The standard InChI is InChI=1S/C13H20N2O3/c1-16-7-6-15-13(14)9-10-4-5-11(17-2)12(8-10)18-3/h4-5,8H,6-7,9H2,1-3H3,(H2,14,15). The second-order valence-electron chi connectivity index (χ2n) is 3.73. The summed E-state index contributed by atoms with van der Waals surface area (Å²) >= 11 is 0. The second-order valence-corrected chi connectivity index (χ2v) is 3.73. The summed E-state index contributed by atoms with van der Waals surface area (Å²) < 4.78 is 15.3. The molecule has 0 unspecified atom stereocenters. The molecule has 0 saturated heterocycles. The third-order valence-electron chi connectivity index (χ3n) is 2.44. The summed E-state index contributed by atoms with van der Waals surface area (Å²) in [5.41, 5.74) is 6.86. The normalized spacial score (nSPS) is 11.4. The Morgan fingerprint density at radius 3 is 2.50 bits per heavy atom. The maximum absolute atomic E-state index is 5.83. The molecule has 5 nitrogen and oxygen atoms in total. The molecule has 5 heteroatoms. The zero-order valence-corrected chi connectivity index (χ0v) is 11.1. The highest BCUT2D eigenvalue weighted by atomic mass is 16.5. The Bertz CT molecular complexity index is 405. The van der Waals surface area contributed by atoms with Crippen LogP contribution in [0.3, 0.4) is 0 Å². The maximum atomic E-state index is 5.83. The molecule has 18 heavy (non-hydrogen) atoms. The van der Waals surface area contributed by atoms with Gasteiger partial charge in [-0.25, -0.2) is 0 Å². The zero-order chi connectivity index (χ0) is 13.4. The van der Waals surface area contributed by atoms with Crippen LogP contribution in [0.25, 0.3) is 0 Å². The topological polar surface area (TPSA) is 66.1 Å². The van der Waals surface area contributed by atoms with Gasteiger partial charge in [0.05, 0.1) is 33.2 Å². The maximum Gasteiger partial charge on any atom is 0.161 e. The van der Waals surface area contributed by atoms with E-state index in [0.717, 1.165) is 5.56 Å². The number of aliphatic imine (C=N–C) groups is 1. The average molecular weight is 252 g/mol. The minimum Gasteiger partial charge on any atom is -0.493 e. The molecule has 1 aromatic carbocycles. The third kappa shape index (κ3) is 4.25. The smallest absolute Gasteiger partial charge is 0.161 e. The summed E-state index contributed by atoms with van der Waals surface area (Å²) in [4.78, 5) is 4.20. The molecule has 2 N–H and O–H groups in total. The molecule has 1 rings (SSSR count). The van der Waals surface area contributed by atoms with Crippen molar-refractivity contribution in [2.45, 2.75) is 6.42 Å². The first-order chi connectivity index (χ1) is 8.71. The van der Waals surface area contributed by atoms with Crippen LogP contribution >= 0.6 is 0 Å². The van der Waals surface area contributed by atoms with Gasteiger partial charge >= 0.3 is 0 Å². The van der Waals surface area contributed by atoms with Gasteiger partial charge in [0, 0.05) is 13.5 Å². The summed E-state index contributed by atoms with van der Waals surface area (Å²) in [7, 11) is 4.86. The lowest BCUT2D eigenvalue weighted by Gasteiger charge is -2.09. The SMILES string of the molecule is COCCN=C(N)Cc1ccc(OC)c(OC)c1. The quantitative estimate of drug-likeness (QED) is 0.450. The van der Waals surface area contributed by atoms with E-state index in [2.05, 4.69) is 4.99 Å². The van der Waals surface area contributed by atoms with Crippen LogP contribution in [0.5, 0.6) is 11.5 Å². The predicted octanol–water partition coefficient (Wildman–Crippen LogP) is 1.25. The first kappa shape index (κ1) is 14.3. The van der Waals surface area contributed by atoms with E-state index in [1.807, 2.05) is 18.2 Å². The molecule has 0 heterocycles. The van der Waals surface area contributed by atoms with Gasteiger partial charge < -0.3 is 19.9 Å². The highest BCUT2D eigenvalue weighted by Crippen LogP contribution is 2.27. The molecule has 1 aromatic rings. The molecule has 0 saturated carbocycles. The molecule has 0 aromatic heterocycles. The highest BCUT2D eigenvalue weighted by Gasteiger charge is 2.05. The van der Waals surface area contributed by atoms with E-state index in [4.69, 9.17) is 19.9 Å². The number of benzene rings is 1. The Kier molecular flexibility index (Phi) is 6.00. The number of rotatable bonds is 7. The molecule has 0 aliphatic heterocycles. The van der Waals surface area contributed by atoms with Crippen molar-refractivity contribution in [2.24, 2.45) is 10.7 Å². The Balaban J connectivity index is 2.70. The van der Waals surface area contributed by atoms with E-state index in [-0.39, 0.29) is 0 Å². The lowest BCUT2D eigenvalue weighted by Crippen LogP contribution is -2.16. The van der Waals surface area contributed by atoms with Crippen LogP contribution < -0.4 is 15.2 Å². The van der Waals surface area contributed by atoms with Gasteiger partial charge in [0.15, 0.2) is 11.5 Å². The molecule has 0 bridgehead atoms. The van der Waals surface area contributed by atoms with Crippen LogP contribution in [0.4, 0.5) is 0 Å². The zero-order valence-electron chi connectivity index (χ0n) is 11.1. The Morgan fingerprint density at radius 1 is 1.17 bits per heavy atom. The number of hydrogen-bond donors (Lipinski definition) is 1. The summed E-state index contributed by atoms with van der Waals surface area (Å²) in [6, 6.07) is 5.70. The van der Waals surface area contributed by atoms with Crippen LogP contribution in [0.1, 0.15) is 5.56 Å². The van der Waals surface area contributed by atoms with Crippen molar-refractivity contribution in [3.05, 3.63) is 23.8 Å². The van der Waals surface area contributed by atoms with E-state index in [9.17, 15) is 0 Å². The van der Waals surface area contributed by atoms with Gasteiger partial charge in [-0.05, 0) is 17.7 Å². The Labute approximate surface area is 108 Å². The lowest BCUT2D eigenvalue weighted by molar-refractivity contribution is 0.208. The molecule has 0 amide bonds. The molecule has 0 radical (unpaired) electrons. The van der Waals surface area contributed by atoms with Gasteiger partial charge in [0.1, 0.15) is 0 Å². The fraction of sp³-hybridized carbons (Fsp3) is 0.462. The van der Waals surface area contributed by atoms with Crippen LogP contribution in [0, 0.1) is 0 Å². The van der Waals surface area contributed by atoms with E-state index in [1.165, 1.54) is 0 Å². The van der Waals surface area contributed by atoms with Crippen molar-refractivity contribution in [2.75, 3.05) is 34.5 Å².